The van der Waals surface area contributed by atoms with Crippen molar-refractivity contribution in [3.05, 3.63) is 59.0 Å². The fourth-order valence-electron chi connectivity index (χ4n) is 3.90. The highest BCUT2D eigenvalue weighted by atomic mass is 35.5. The molecule has 3 N–H and O–H groups in total. The number of benzene rings is 2. The zero-order valence-electron chi connectivity index (χ0n) is 16.3. The lowest BCUT2D eigenvalue weighted by Crippen LogP contribution is -2.46. The number of aliphatic hydroxyl groups is 1. The van der Waals surface area contributed by atoms with Crippen LogP contribution < -0.4 is 5.32 Å². The topological polar surface area (TPSA) is 81.2 Å². The van der Waals surface area contributed by atoms with Crippen LogP contribution in [0.25, 0.3) is 10.9 Å². The molecule has 1 aromatic heterocycles. The predicted molar refractivity (Wildman–Crippen MR) is 111 cm³/mol. The van der Waals surface area contributed by atoms with Crippen molar-refractivity contribution in [1.82, 2.24) is 15.1 Å². The van der Waals surface area contributed by atoms with Gasteiger partial charge in [-0.15, -0.1) is 0 Å². The van der Waals surface area contributed by atoms with Gasteiger partial charge in [-0.1, -0.05) is 11.6 Å². The van der Waals surface area contributed by atoms with Crippen LogP contribution in [0.15, 0.2) is 42.6 Å². The molecule has 1 aliphatic rings. The number of aromatic amines is 1. The summed E-state index contributed by atoms with van der Waals surface area (Å²) < 4.78 is 43.4. The third kappa shape index (κ3) is 4.33. The number of aromatic nitrogens is 2. The van der Waals surface area contributed by atoms with Gasteiger partial charge in [0.2, 0.25) is 0 Å². The highest BCUT2D eigenvalue weighted by Crippen LogP contribution is 2.44. The number of piperidine rings is 1. The molecule has 0 spiro atoms. The molecule has 6 nitrogen and oxygen atoms in total. The first-order chi connectivity index (χ1) is 14.8. The van der Waals surface area contributed by atoms with E-state index in [2.05, 4.69) is 15.5 Å². The normalized spacial score (nSPS) is 16.5. The Balaban J connectivity index is 1.42. The van der Waals surface area contributed by atoms with Gasteiger partial charge in [0.1, 0.15) is 11.9 Å². The number of rotatable bonds is 4. The number of nitrogens with one attached hydrogen (secondary N) is 2. The van der Waals surface area contributed by atoms with Gasteiger partial charge in [0.15, 0.2) is 0 Å². The average molecular weight is 453 g/mol. The zero-order valence-corrected chi connectivity index (χ0v) is 17.0. The van der Waals surface area contributed by atoms with Crippen molar-refractivity contribution >= 4 is 34.2 Å². The van der Waals surface area contributed by atoms with Gasteiger partial charge >= 0.3 is 6.03 Å². The van der Waals surface area contributed by atoms with Crippen molar-refractivity contribution in [2.75, 3.05) is 18.4 Å². The summed E-state index contributed by atoms with van der Waals surface area (Å²) in [6.07, 6.45) is -0.576. The lowest BCUT2D eigenvalue weighted by Gasteiger charge is -2.37. The van der Waals surface area contributed by atoms with Crippen LogP contribution >= 0.6 is 11.6 Å². The van der Waals surface area contributed by atoms with Gasteiger partial charge in [0.05, 0.1) is 11.7 Å². The summed E-state index contributed by atoms with van der Waals surface area (Å²) in [5.41, 5.74) is 0.716. The molecule has 1 unspecified atom stereocenters. The number of hydrogen-bond acceptors (Lipinski definition) is 3. The van der Waals surface area contributed by atoms with Crippen molar-refractivity contribution in [2.24, 2.45) is 5.92 Å². The molecular formula is C21H20ClF3N4O2. The average Bonchev–Trinajstić information content (AvgIpc) is 3.22. The summed E-state index contributed by atoms with van der Waals surface area (Å²) >= 11 is 6.02. The van der Waals surface area contributed by atoms with E-state index in [0.717, 1.165) is 0 Å². The van der Waals surface area contributed by atoms with Gasteiger partial charge in [-0.2, -0.15) is 5.10 Å². The molecule has 164 valence electrons. The maximum Gasteiger partial charge on any atom is 0.321 e. The molecule has 4 rings (SSSR count). The highest BCUT2D eigenvalue weighted by Gasteiger charge is 2.48. The molecule has 0 aliphatic carbocycles. The Kier molecular flexibility index (Phi) is 5.81. The molecule has 0 saturated carbocycles. The first-order valence-corrected chi connectivity index (χ1v) is 10.1. The number of fused-ring (bicyclic) bond motifs is 1. The van der Waals surface area contributed by atoms with Gasteiger partial charge in [-0.05, 0) is 49.2 Å². The monoisotopic (exact) mass is 452 g/mol. The molecule has 1 atom stereocenters. The van der Waals surface area contributed by atoms with Crippen LogP contribution in [-0.2, 0) is 0 Å². The Labute approximate surface area is 181 Å². The number of alkyl halides is 2. The van der Waals surface area contributed by atoms with Crippen LogP contribution in [-0.4, -0.2) is 45.2 Å². The van der Waals surface area contributed by atoms with E-state index in [9.17, 15) is 14.3 Å². The Morgan fingerprint density at radius 2 is 1.94 bits per heavy atom. The van der Waals surface area contributed by atoms with Crippen molar-refractivity contribution in [3.63, 3.8) is 0 Å². The number of carbonyl (C=O) groups excluding carboxylic acids is 1. The van der Waals surface area contributed by atoms with Crippen LogP contribution in [0, 0.1) is 11.7 Å². The molecule has 10 heteroatoms. The summed E-state index contributed by atoms with van der Waals surface area (Å²) in [5.74, 6) is -4.97. The SMILES string of the molecule is O=C(Nc1ccc(F)cc1)N1CCC(C(F)(F)C(O)c2cc(Cl)cc3cn[nH]c23)CC1. The number of hydrogen-bond donors (Lipinski definition) is 3. The van der Waals surface area contributed by atoms with Gasteiger partial charge in [-0.25, -0.2) is 18.0 Å². The van der Waals surface area contributed by atoms with E-state index in [1.807, 2.05) is 0 Å². The molecule has 1 saturated heterocycles. The van der Waals surface area contributed by atoms with Crippen LogP contribution in [0.1, 0.15) is 24.5 Å². The minimum Gasteiger partial charge on any atom is -0.382 e. The van der Waals surface area contributed by atoms with E-state index in [1.54, 1.807) is 6.07 Å². The first kappa shape index (κ1) is 21.5. The van der Waals surface area contributed by atoms with Crippen LogP contribution in [0.3, 0.4) is 0 Å². The number of nitrogens with zero attached hydrogens (tertiary/aromatic N) is 2. The highest BCUT2D eigenvalue weighted by molar-refractivity contribution is 6.31. The summed E-state index contributed by atoms with van der Waals surface area (Å²) in [7, 11) is 0. The minimum absolute atomic E-state index is 0.0125. The second-order valence-electron chi connectivity index (χ2n) is 7.60. The number of urea groups is 1. The van der Waals surface area contributed by atoms with E-state index in [-0.39, 0.29) is 36.5 Å². The van der Waals surface area contributed by atoms with E-state index in [0.29, 0.717) is 16.6 Å². The van der Waals surface area contributed by atoms with Crippen molar-refractivity contribution in [3.8, 4) is 0 Å². The van der Waals surface area contributed by atoms with E-state index < -0.39 is 29.8 Å². The number of H-pyrrole nitrogens is 1. The number of amides is 2. The lowest BCUT2D eigenvalue weighted by atomic mass is 9.85. The fraction of sp³-hybridized carbons (Fsp3) is 0.333. The number of anilines is 1. The van der Waals surface area contributed by atoms with Gasteiger partial charge < -0.3 is 15.3 Å². The summed E-state index contributed by atoms with van der Waals surface area (Å²) in [6.45, 7) is 0.212. The largest absolute Gasteiger partial charge is 0.382 e. The maximum absolute atomic E-state index is 15.2. The second-order valence-corrected chi connectivity index (χ2v) is 8.04. The standard InChI is InChI=1S/C21H20ClF3N4O2/c22-14-9-12-11-26-28-18(12)17(10-14)19(30)21(24,25)13-5-7-29(8-6-13)20(31)27-16-3-1-15(23)2-4-16/h1-4,9-11,13,19,30H,5-8H2,(H,26,28)(H,27,31). The molecule has 31 heavy (non-hydrogen) atoms. The van der Waals surface area contributed by atoms with E-state index in [4.69, 9.17) is 11.6 Å². The zero-order chi connectivity index (χ0) is 22.2. The third-order valence-corrected chi connectivity index (χ3v) is 5.84. The van der Waals surface area contributed by atoms with Gasteiger partial charge in [0, 0.05) is 40.7 Å². The lowest BCUT2D eigenvalue weighted by molar-refractivity contribution is -0.159. The molecule has 1 fully saturated rings. The van der Waals surface area contributed by atoms with Crippen LogP contribution in [0.2, 0.25) is 5.02 Å². The molecule has 0 radical (unpaired) electrons. The van der Waals surface area contributed by atoms with E-state index in [1.165, 1.54) is 41.4 Å². The number of aliphatic hydroxyl groups excluding tert-OH is 1. The second kappa shape index (κ2) is 8.39. The Bertz CT molecular complexity index is 1080. The summed E-state index contributed by atoms with van der Waals surface area (Å²) in [6, 6.07) is 7.73. The van der Waals surface area contributed by atoms with Gasteiger partial charge in [-0.3, -0.25) is 5.10 Å². The van der Waals surface area contributed by atoms with Crippen LogP contribution in [0.4, 0.5) is 23.7 Å². The quantitative estimate of drug-likeness (QED) is 0.523. The van der Waals surface area contributed by atoms with Gasteiger partial charge in [0.25, 0.3) is 5.92 Å². The molecule has 2 amide bonds. The molecular weight excluding hydrogens is 433 g/mol. The summed E-state index contributed by atoms with van der Waals surface area (Å²) in [5, 5.41) is 20.4. The Morgan fingerprint density at radius 1 is 1.26 bits per heavy atom. The molecule has 2 heterocycles. The third-order valence-electron chi connectivity index (χ3n) is 5.63. The number of likely N-dealkylation sites (tertiary alicyclic amines) is 1. The summed E-state index contributed by atoms with van der Waals surface area (Å²) in [4.78, 5) is 13.8. The van der Waals surface area contributed by atoms with Crippen molar-refractivity contribution < 1.29 is 23.1 Å². The maximum atomic E-state index is 15.2. The molecule has 3 aromatic rings. The Hall–Kier alpha value is -2.78. The minimum atomic E-state index is -3.43. The smallest absolute Gasteiger partial charge is 0.321 e. The molecule has 1 aliphatic heterocycles. The first-order valence-electron chi connectivity index (χ1n) is 9.75. The predicted octanol–water partition coefficient (Wildman–Crippen LogP) is 4.97. The fourth-order valence-corrected chi connectivity index (χ4v) is 4.13. The van der Waals surface area contributed by atoms with Crippen molar-refractivity contribution in [1.29, 1.82) is 0 Å². The number of carbonyl (C=O) groups is 1. The molecule has 2 aromatic carbocycles. The van der Waals surface area contributed by atoms with Crippen LogP contribution in [0.5, 0.6) is 0 Å². The van der Waals surface area contributed by atoms with E-state index >= 15 is 8.78 Å². The van der Waals surface area contributed by atoms with Crippen molar-refractivity contribution in [2.45, 2.75) is 24.9 Å². The Morgan fingerprint density at radius 3 is 2.61 bits per heavy atom. The molecule has 0 bridgehead atoms. The number of halogens is 4.